The van der Waals surface area contributed by atoms with Crippen molar-refractivity contribution in [1.29, 1.82) is 0 Å². The molecule has 4 heteroatoms. The summed E-state index contributed by atoms with van der Waals surface area (Å²) in [5.74, 6) is -0.137. The third-order valence-electron chi connectivity index (χ3n) is 2.07. The van der Waals surface area contributed by atoms with E-state index in [0.29, 0.717) is 17.1 Å². The summed E-state index contributed by atoms with van der Waals surface area (Å²) < 4.78 is 0. The number of hydrogen-bond donors (Lipinski definition) is 2. The smallest absolute Gasteiger partial charge is 0.251 e. The van der Waals surface area contributed by atoms with Crippen LogP contribution < -0.4 is 11.1 Å². The first kappa shape index (κ1) is 12.0. The normalized spacial score (nSPS) is 11.2. The molecule has 1 amide bonds. The molecular formula is C11H15ClN2O. The number of halogens is 1. The molecule has 3 N–H and O–H groups in total. The number of carbonyl (C=O) groups excluding carboxylic acids is 1. The van der Waals surface area contributed by atoms with Crippen LogP contribution in [0.25, 0.3) is 0 Å². The zero-order valence-corrected chi connectivity index (χ0v) is 9.64. The summed E-state index contributed by atoms with van der Waals surface area (Å²) in [7, 11) is 0. The molecule has 3 nitrogen and oxygen atoms in total. The molecule has 0 fully saturated rings. The fourth-order valence-corrected chi connectivity index (χ4v) is 1.16. The number of nitrogens with two attached hydrogens (primary N) is 1. The fraction of sp³-hybridized carbons (Fsp3) is 0.364. The van der Waals surface area contributed by atoms with Gasteiger partial charge in [-0.15, -0.1) is 0 Å². The summed E-state index contributed by atoms with van der Waals surface area (Å²) in [6.45, 7) is 4.15. The highest BCUT2D eigenvalue weighted by Crippen LogP contribution is 2.10. The van der Waals surface area contributed by atoms with Crippen molar-refractivity contribution in [2.24, 2.45) is 5.73 Å². The highest BCUT2D eigenvalue weighted by molar-refractivity contribution is 6.30. The molecule has 0 aromatic heterocycles. The summed E-state index contributed by atoms with van der Waals surface area (Å²) in [5.41, 5.74) is 5.71. The third kappa shape index (κ3) is 3.53. The van der Waals surface area contributed by atoms with E-state index < -0.39 is 5.54 Å². The first-order valence-electron chi connectivity index (χ1n) is 4.73. The summed E-state index contributed by atoms with van der Waals surface area (Å²) in [6.07, 6.45) is 0. The Labute approximate surface area is 94.6 Å². The first-order chi connectivity index (χ1) is 6.94. The van der Waals surface area contributed by atoms with Gasteiger partial charge >= 0.3 is 0 Å². The summed E-state index contributed by atoms with van der Waals surface area (Å²) in [4.78, 5) is 11.7. The van der Waals surface area contributed by atoms with Crippen LogP contribution >= 0.6 is 11.6 Å². The van der Waals surface area contributed by atoms with Crippen LogP contribution in [-0.4, -0.2) is 18.0 Å². The van der Waals surface area contributed by atoms with Gasteiger partial charge in [0.2, 0.25) is 0 Å². The molecular weight excluding hydrogens is 212 g/mol. The molecule has 0 aliphatic heterocycles. The van der Waals surface area contributed by atoms with Gasteiger partial charge in [0.15, 0.2) is 0 Å². The summed E-state index contributed by atoms with van der Waals surface area (Å²) in [6, 6.07) is 6.74. The van der Waals surface area contributed by atoms with Gasteiger partial charge in [0.25, 0.3) is 5.91 Å². The van der Waals surface area contributed by atoms with E-state index in [2.05, 4.69) is 5.32 Å². The Morgan fingerprint density at radius 3 is 2.40 bits per heavy atom. The van der Waals surface area contributed by atoms with Gasteiger partial charge in [0, 0.05) is 22.7 Å². The van der Waals surface area contributed by atoms with Gasteiger partial charge in [0.05, 0.1) is 0 Å². The molecule has 1 rings (SSSR count). The lowest BCUT2D eigenvalue weighted by atomic mass is 10.1. The zero-order chi connectivity index (χ0) is 11.5. The maximum atomic E-state index is 11.7. The Balaban J connectivity index is 2.74. The van der Waals surface area contributed by atoms with Crippen molar-refractivity contribution in [3.63, 3.8) is 0 Å². The monoisotopic (exact) mass is 226 g/mol. The van der Waals surface area contributed by atoms with Crippen LogP contribution in [0.15, 0.2) is 24.3 Å². The number of hydrogen-bond acceptors (Lipinski definition) is 2. The largest absolute Gasteiger partial charge is 0.346 e. The zero-order valence-electron chi connectivity index (χ0n) is 8.88. The molecule has 15 heavy (non-hydrogen) atoms. The van der Waals surface area contributed by atoms with Crippen molar-refractivity contribution < 1.29 is 4.79 Å². The molecule has 0 bridgehead atoms. The number of amides is 1. The number of rotatable bonds is 3. The standard InChI is InChI=1S/C11H15ClN2O/c1-11(2,7-13)14-10(15)8-3-5-9(12)6-4-8/h3-6H,7,13H2,1-2H3,(H,14,15). The topological polar surface area (TPSA) is 55.1 Å². The maximum absolute atomic E-state index is 11.7. The Hall–Kier alpha value is -1.06. The van der Waals surface area contributed by atoms with Crippen molar-refractivity contribution in [1.82, 2.24) is 5.32 Å². The second kappa shape index (κ2) is 4.64. The molecule has 0 atom stereocenters. The second-order valence-corrected chi connectivity index (χ2v) is 4.49. The van der Waals surface area contributed by atoms with E-state index in [0.717, 1.165) is 0 Å². The average molecular weight is 227 g/mol. The Morgan fingerprint density at radius 2 is 1.93 bits per heavy atom. The van der Waals surface area contributed by atoms with E-state index in [4.69, 9.17) is 17.3 Å². The average Bonchev–Trinajstić information content (AvgIpc) is 2.18. The highest BCUT2D eigenvalue weighted by Gasteiger charge is 2.18. The Kier molecular flexibility index (Phi) is 3.72. The van der Waals surface area contributed by atoms with Gasteiger partial charge in [-0.25, -0.2) is 0 Å². The highest BCUT2D eigenvalue weighted by atomic mass is 35.5. The van der Waals surface area contributed by atoms with Gasteiger partial charge in [0.1, 0.15) is 0 Å². The predicted molar refractivity (Wildman–Crippen MR) is 62.1 cm³/mol. The lowest BCUT2D eigenvalue weighted by Gasteiger charge is -2.24. The third-order valence-corrected chi connectivity index (χ3v) is 2.32. The van der Waals surface area contributed by atoms with Crippen molar-refractivity contribution in [3.05, 3.63) is 34.9 Å². The fourth-order valence-electron chi connectivity index (χ4n) is 1.03. The predicted octanol–water partition coefficient (Wildman–Crippen LogP) is 1.81. The minimum atomic E-state index is -0.392. The van der Waals surface area contributed by atoms with Gasteiger partial charge in [-0.3, -0.25) is 4.79 Å². The summed E-state index contributed by atoms with van der Waals surface area (Å²) >= 11 is 5.73. The number of carbonyl (C=O) groups is 1. The van der Waals surface area contributed by atoms with E-state index in [1.54, 1.807) is 24.3 Å². The van der Waals surface area contributed by atoms with Gasteiger partial charge in [-0.1, -0.05) is 11.6 Å². The van der Waals surface area contributed by atoms with Crippen LogP contribution in [0.1, 0.15) is 24.2 Å². The molecule has 1 aromatic rings. The molecule has 0 aliphatic carbocycles. The number of benzene rings is 1. The molecule has 1 aromatic carbocycles. The molecule has 0 saturated heterocycles. The van der Waals surface area contributed by atoms with Crippen LogP contribution in [0, 0.1) is 0 Å². The van der Waals surface area contributed by atoms with Crippen LogP contribution in [0.3, 0.4) is 0 Å². The SMILES string of the molecule is CC(C)(CN)NC(=O)c1ccc(Cl)cc1. The lowest BCUT2D eigenvalue weighted by molar-refractivity contribution is 0.0916. The van der Waals surface area contributed by atoms with Crippen LogP contribution in [0.4, 0.5) is 0 Å². The van der Waals surface area contributed by atoms with Gasteiger partial charge in [-0.05, 0) is 38.1 Å². The molecule has 0 radical (unpaired) electrons. The van der Waals surface area contributed by atoms with Crippen LogP contribution in [0.5, 0.6) is 0 Å². The lowest BCUT2D eigenvalue weighted by Crippen LogP contribution is -2.48. The van der Waals surface area contributed by atoms with Crippen LogP contribution in [-0.2, 0) is 0 Å². The van der Waals surface area contributed by atoms with Crippen molar-refractivity contribution in [3.8, 4) is 0 Å². The molecule has 0 aliphatic rings. The minimum absolute atomic E-state index is 0.137. The maximum Gasteiger partial charge on any atom is 0.251 e. The van der Waals surface area contributed by atoms with Crippen molar-refractivity contribution in [2.75, 3.05) is 6.54 Å². The molecule has 82 valence electrons. The number of nitrogens with one attached hydrogen (secondary N) is 1. The van der Waals surface area contributed by atoms with E-state index >= 15 is 0 Å². The van der Waals surface area contributed by atoms with E-state index in [1.807, 2.05) is 13.8 Å². The minimum Gasteiger partial charge on any atom is -0.346 e. The quantitative estimate of drug-likeness (QED) is 0.826. The van der Waals surface area contributed by atoms with E-state index in [9.17, 15) is 4.79 Å². The summed E-state index contributed by atoms with van der Waals surface area (Å²) in [5, 5.41) is 3.45. The van der Waals surface area contributed by atoms with Crippen molar-refractivity contribution in [2.45, 2.75) is 19.4 Å². The Bertz CT molecular complexity index is 346. The molecule has 0 unspecified atom stereocenters. The first-order valence-corrected chi connectivity index (χ1v) is 5.10. The second-order valence-electron chi connectivity index (χ2n) is 4.05. The van der Waals surface area contributed by atoms with E-state index in [1.165, 1.54) is 0 Å². The van der Waals surface area contributed by atoms with E-state index in [-0.39, 0.29) is 5.91 Å². The van der Waals surface area contributed by atoms with Crippen LogP contribution in [0.2, 0.25) is 5.02 Å². The molecule has 0 spiro atoms. The Morgan fingerprint density at radius 1 is 1.40 bits per heavy atom. The van der Waals surface area contributed by atoms with Crippen molar-refractivity contribution >= 4 is 17.5 Å². The van der Waals surface area contributed by atoms with Gasteiger partial charge < -0.3 is 11.1 Å². The van der Waals surface area contributed by atoms with Gasteiger partial charge in [-0.2, -0.15) is 0 Å². The molecule has 0 heterocycles. The molecule has 0 saturated carbocycles.